The Kier molecular flexibility index (Phi) is 4.09. The Morgan fingerprint density at radius 1 is 1.60 bits per heavy atom. The van der Waals surface area contributed by atoms with Crippen LogP contribution in [-0.4, -0.2) is 16.3 Å². The van der Waals surface area contributed by atoms with Gasteiger partial charge >= 0.3 is 0 Å². The van der Waals surface area contributed by atoms with E-state index in [0.29, 0.717) is 0 Å². The summed E-state index contributed by atoms with van der Waals surface area (Å²) in [6, 6.07) is 0.286. The third-order valence-corrected chi connectivity index (χ3v) is 2.53. The quantitative estimate of drug-likeness (QED) is 0.768. The van der Waals surface area contributed by atoms with Gasteiger partial charge in [-0.05, 0) is 27.3 Å². The zero-order valence-electron chi connectivity index (χ0n) is 10.3. The van der Waals surface area contributed by atoms with Crippen molar-refractivity contribution < 1.29 is 0 Å². The van der Waals surface area contributed by atoms with Crippen LogP contribution in [0, 0.1) is 6.92 Å². The highest BCUT2D eigenvalue weighted by Crippen LogP contribution is 2.19. The fraction of sp³-hybridized carbons (Fsp3) is 0.583. The number of hydrogen-bond donors (Lipinski definition) is 1. The first kappa shape index (κ1) is 12.0. The summed E-state index contributed by atoms with van der Waals surface area (Å²) in [5.74, 6) is 0. The molecule has 1 aromatic heterocycles. The van der Waals surface area contributed by atoms with Crippen molar-refractivity contribution in [2.45, 2.75) is 33.7 Å². The van der Waals surface area contributed by atoms with Gasteiger partial charge < -0.3 is 5.32 Å². The molecule has 0 spiro atoms. The first-order valence-corrected chi connectivity index (χ1v) is 5.43. The minimum Gasteiger partial charge on any atom is -0.307 e. The van der Waals surface area contributed by atoms with Crippen molar-refractivity contribution >= 4 is 0 Å². The molecule has 0 radical (unpaired) electrons. The summed E-state index contributed by atoms with van der Waals surface area (Å²) >= 11 is 0. The van der Waals surface area contributed by atoms with E-state index in [2.05, 4.69) is 44.2 Å². The molecular weight excluding hydrogens is 186 g/mol. The zero-order valence-corrected chi connectivity index (χ0v) is 10.3. The van der Waals surface area contributed by atoms with Gasteiger partial charge in [0.1, 0.15) is 0 Å². The average molecular weight is 207 g/mol. The standard InChI is InChI=1S/C12H21N3/c1-6-13-12(7-9(2)3)11-8-14-15(5)10(11)4/h7-8,12-13H,6H2,1-5H3. The number of likely N-dealkylation sites (N-methyl/N-ethyl adjacent to an activating group) is 1. The summed E-state index contributed by atoms with van der Waals surface area (Å²) in [5.41, 5.74) is 3.81. The van der Waals surface area contributed by atoms with Crippen LogP contribution < -0.4 is 5.32 Å². The largest absolute Gasteiger partial charge is 0.307 e. The van der Waals surface area contributed by atoms with Crippen molar-refractivity contribution in [2.75, 3.05) is 6.54 Å². The summed E-state index contributed by atoms with van der Waals surface area (Å²) in [7, 11) is 1.98. The van der Waals surface area contributed by atoms with E-state index < -0.39 is 0 Å². The van der Waals surface area contributed by atoms with Crippen molar-refractivity contribution in [1.29, 1.82) is 0 Å². The van der Waals surface area contributed by atoms with Gasteiger partial charge in [-0.2, -0.15) is 5.10 Å². The number of rotatable bonds is 4. The Labute approximate surface area is 92.2 Å². The van der Waals surface area contributed by atoms with Gasteiger partial charge in [0.15, 0.2) is 0 Å². The second kappa shape index (κ2) is 5.12. The molecule has 0 aromatic carbocycles. The molecule has 0 aliphatic carbocycles. The minimum atomic E-state index is 0.286. The van der Waals surface area contributed by atoms with Crippen LogP contribution in [0.2, 0.25) is 0 Å². The number of aromatic nitrogens is 2. The molecular formula is C12H21N3. The Balaban J connectivity index is 2.99. The predicted octanol–water partition coefficient (Wildman–Crippen LogP) is 2.35. The lowest BCUT2D eigenvalue weighted by molar-refractivity contribution is 0.638. The maximum absolute atomic E-state index is 4.27. The molecule has 0 aliphatic heterocycles. The van der Waals surface area contributed by atoms with Crippen molar-refractivity contribution in [1.82, 2.24) is 15.1 Å². The SMILES string of the molecule is CCNC(C=C(C)C)c1cnn(C)c1C. The number of hydrogen-bond acceptors (Lipinski definition) is 2. The van der Waals surface area contributed by atoms with E-state index in [1.807, 2.05) is 17.9 Å². The smallest absolute Gasteiger partial charge is 0.0543 e. The fourth-order valence-electron chi connectivity index (χ4n) is 1.63. The van der Waals surface area contributed by atoms with E-state index in [0.717, 1.165) is 6.54 Å². The lowest BCUT2D eigenvalue weighted by Crippen LogP contribution is -2.19. The van der Waals surface area contributed by atoms with Crippen LogP contribution in [0.15, 0.2) is 17.8 Å². The lowest BCUT2D eigenvalue weighted by Gasteiger charge is -2.14. The molecule has 3 heteroatoms. The molecule has 1 heterocycles. The highest BCUT2D eigenvalue weighted by atomic mass is 15.3. The molecule has 1 N–H and O–H groups in total. The Morgan fingerprint density at radius 3 is 2.67 bits per heavy atom. The van der Waals surface area contributed by atoms with E-state index in [1.54, 1.807) is 0 Å². The van der Waals surface area contributed by atoms with Gasteiger partial charge in [0, 0.05) is 18.3 Å². The second-order valence-electron chi connectivity index (χ2n) is 4.09. The molecule has 0 saturated carbocycles. The van der Waals surface area contributed by atoms with Crippen LogP contribution in [0.4, 0.5) is 0 Å². The lowest BCUT2D eigenvalue weighted by atomic mass is 10.1. The van der Waals surface area contributed by atoms with Gasteiger partial charge in [-0.15, -0.1) is 0 Å². The molecule has 1 aromatic rings. The van der Waals surface area contributed by atoms with Crippen molar-refractivity contribution in [3.05, 3.63) is 29.1 Å². The van der Waals surface area contributed by atoms with Gasteiger partial charge in [-0.3, -0.25) is 4.68 Å². The first-order chi connectivity index (χ1) is 7.06. The highest BCUT2D eigenvalue weighted by molar-refractivity contribution is 5.25. The van der Waals surface area contributed by atoms with E-state index in [4.69, 9.17) is 0 Å². The third kappa shape index (κ3) is 2.93. The van der Waals surface area contributed by atoms with E-state index in [-0.39, 0.29) is 6.04 Å². The number of nitrogens with zero attached hydrogens (tertiary/aromatic N) is 2. The fourth-order valence-corrected chi connectivity index (χ4v) is 1.63. The van der Waals surface area contributed by atoms with Gasteiger partial charge in [0.25, 0.3) is 0 Å². The molecule has 1 atom stereocenters. The first-order valence-electron chi connectivity index (χ1n) is 5.43. The van der Waals surface area contributed by atoms with Crippen molar-refractivity contribution in [2.24, 2.45) is 7.05 Å². The molecule has 84 valence electrons. The maximum atomic E-state index is 4.27. The normalized spacial score (nSPS) is 12.6. The molecule has 0 saturated heterocycles. The molecule has 15 heavy (non-hydrogen) atoms. The Hall–Kier alpha value is -1.09. The summed E-state index contributed by atoms with van der Waals surface area (Å²) < 4.78 is 1.92. The summed E-state index contributed by atoms with van der Waals surface area (Å²) in [6.07, 6.45) is 4.19. The van der Waals surface area contributed by atoms with Crippen LogP contribution in [0.5, 0.6) is 0 Å². The third-order valence-electron chi connectivity index (χ3n) is 2.53. The van der Waals surface area contributed by atoms with Gasteiger partial charge in [-0.1, -0.05) is 18.6 Å². The van der Waals surface area contributed by atoms with E-state index >= 15 is 0 Å². The molecule has 0 bridgehead atoms. The number of allylic oxidation sites excluding steroid dienone is 1. The molecule has 0 amide bonds. The Morgan fingerprint density at radius 2 is 2.27 bits per heavy atom. The van der Waals surface area contributed by atoms with Crippen LogP contribution in [-0.2, 0) is 7.05 Å². The van der Waals surface area contributed by atoms with Crippen LogP contribution in [0.3, 0.4) is 0 Å². The highest BCUT2D eigenvalue weighted by Gasteiger charge is 2.12. The molecule has 3 nitrogen and oxygen atoms in total. The monoisotopic (exact) mass is 207 g/mol. The molecule has 1 rings (SSSR count). The van der Waals surface area contributed by atoms with Crippen LogP contribution in [0.25, 0.3) is 0 Å². The molecule has 0 aliphatic rings. The minimum absolute atomic E-state index is 0.286. The Bertz CT molecular complexity index is 346. The average Bonchev–Trinajstić information content (AvgIpc) is 2.46. The van der Waals surface area contributed by atoms with Gasteiger partial charge in [-0.25, -0.2) is 0 Å². The maximum Gasteiger partial charge on any atom is 0.0543 e. The number of aryl methyl sites for hydroxylation is 1. The summed E-state index contributed by atoms with van der Waals surface area (Å²) in [6.45, 7) is 9.43. The zero-order chi connectivity index (χ0) is 11.4. The van der Waals surface area contributed by atoms with Gasteiger partial charge in [0.05, 0.1) is 12.2 Å². The number of nitrogens with one attached hydrogen (secondary N) is 1. The second-order valence-corrected chi connectivity index (χ2v) is 4.09. The van der Waals surface area contributed by atoms with Crippen LogP contribution >= 0.6 is 0 Å². The predicted molar refractivity (Wildman–Crippen MR) is 63.8 cm³/mol. The van der Waals surface area contributed by atoms with Crippen molar-refractivity contribution in [3.8, 4) is 0 Å². The summed E-state index contributed by atoms with van der Waals surface area (Å²) in [5, 5.41) is 7.73. The van der Waals surface area contributed by atoms with Gasteiger partial charge in [0.2, 0.25) is 0 Å². The topological polar surface area (TPSA) is 29.9 Å². The van der Waals surface area contributed by atoms with Crippen LogP contribution in [0.1, 0.15) is 38.1 Å². The molecule has 0 fully saturated rings. The molecule has 1 unspecified atom stereocenters. The summed E-state index contributed by atoms with van der Waals surface area (Å²) in [4.78, 5) is 0. The van der Waals surface area contributed by atoms with E-state index in [9.17, 15) is 0 Å². The van der Waals surface area contributed by atoms with Crippen molar-refractivity contribution in [3.63, 3.8) is 0 Å². The van der Waals surface area contributed by atoms with E-state index in [1.165, 1.54) is 16.8 Å².